The Bertz CT molecular complexity index is 534. The molecule has 0 saturated carbocycles. The maximum absolute atomic E-state index is 11.1. The van der Waals surface area contributed by atoms with Crippen LogP contribution in [-0.4, -0.2) is 47.3 Å². The number of hydrogen-bond donors (Lipinski definition) is 1. The standard InChI is InChI=1S/C14H22BrNO4S/c1-19-9-7-16-11-12-5-3-6-13(15)14(12)20-8-4-10-21(2,17)18/h3,5-6,16H,4,7-11H2,1-2H3. The average Bonchev–Trinajstić information content (AvgIpc) is 2.40. The van der Waals surface area contributed by atoms with Crippen LogP contribution < -0.4 is 10.1 Å². The minimum Gasteiger partial charge on any atom is -0.492 e. The fraction of sp³-hybridized carbons (Fsp3) is 0.571. The molecule has 21 heavy (non-hydrogen) atoms. The summed E-state index contributed by atoms with van der Waals surface area (Å²) >= 11 is 3.47. The molecule has 0 bridgehead atoms. The predicted molar refractivity (Wildman–Crippen MR) is 87.5 cm³/mol. The molecule has 0 radical (unpaired) electrons. The Kier molecular flexibility index (Phi) is 8.24. The van der Waals surface area contributed by atoms with Gasteiger partial charge in [0.25, 0.3) is 0 Å². The lowest BCUT2D eigenvalue weighted by Gasteiger charge is -2.14. The van der Waals surface area contributed by atoms with E-state index in [0.717, 1.165) is 22.3 Å². The van der Waals surface area contributed by atoms with Gasteiger partial charge in [0.05, 0.1) is 23.4 Å². The molecule has 0 amide bonds. The molecule has 0 atom stereocenters. The van der Waals surface area contributed by atoms with Gasteiger partial charge in [-0.25, -0.2) is 8.42 Å². The Labute approximate surface area is 135 Å². The molecular formula is C14H22BrNO4S. The van der Waals surface area contributed by atoms with E-state index in [1.807, 2.05) is 18.2 Å². The van der Waals surface area contributed by atoms with E-state index < -0.39 is 9.84 Å². The summed E-state index contributed by atoms with van der Waals surface area (Å²) in [4.78, 5) is 0. The van der Waals surface area contributed by atoms with Crippen LogP contribution in [0.5, 0.6) is 5.75 Å². The van der Waals surface area contributed by atoms with Crippen molar-refractivity contribution in [3.8, 4) is 5.75 Å². The van der Waals surface area contributed by atoms with Crippen LogP contribution in [0.15, 0.2) is 22.7 Å². The Balaban J connectivity index is 2.54. The number of nitrogens with one attached hydrogen (secondary N) is 1. The topological polar surface area (TPSA) is 64.6 Å². The molecule has 0 aromatic heterocycles. The van der Waals surface area contributed by atoms with Gasteiger partial charge in [-0.1, -0.05) is 12.1 Å². The summed E-state index contributed by atoms with van der Waals surface area (Å²) < 4.78 is 33.8. The SMILES string of the molecule is COCCNCc1cccc(Br)c1OCCCS(C)(=O)=O. The number of sulfone groups is 1. The smallest absolute Gasteiger partial charge is 0.147 e. The van der Waals surface area contributed by atoms with E-state index in [0.29, 0.717) is 26.2 Å². The molecule has 1 N–H and O–H groups in total. The summed E-state index contributed by atoms with van der Waals surface area (Å²) in [5.74, 6) is 0.898. The second-order valence-corrected chi connectivity index (χ2v) is 7.84. The zero-order valence-corrected chi connectivity index (χ0v) is 14.8. The van der Waals surface area contributed by atoms with Crippen LogP contribution in [0.2, 0.25) is 0 Å². The zero-order valence-electron chi connectivity index (χ0n) is 12.4. The molecular weight excluding hydrogens is 358 g/mol. The summed E-state index contributed by atoms with van der Waals surface area (Å²) in [5, 5.41) is 3.26. The number of methoxy groups -OCH3 is 1. The van der Waals surface area contributed by atoms with Crippen molar-refractivity contribution in [3.63, 3.8) is 0 Å². The summed E-state index contributed by atoms with van der Waals surface area (Å²) in [7, 11) is -1.27. The normalized spacial score (nSPS) is 11.6. The molecule has 0 heterocycles. The second kappa shape index (κ2) is 9.40. The summed E-state index contributed by atoms with van der Waals surface area (Å²) in [6.45, 7) is 2.46. The van der Waals surface area contributed by atoms with Crippen LogP contribution in [0.1, 0.15) is 12.0 Å². The third-order valence-corrected chi connectivity index (χ3v) is 4.41. The molecule has 1 aromatic rings. The van der Waals surface area contributed by atoms with Gasteiger partial charge in [0.1, 0.15) is 15.6 Å². The van der Waals surface area contributed by atoms with E-state index in [-0.39, 0.29) is 5.75 Å². The molecule has 5 nitrogen and oxygen atoms in total. The van der Waals surface area contributed by atoms with Crippen molar-refractivity contribution < 1.29 is 17.9 Å². The van der Waals surface area contributed by atoms with E-state index in [1.165, 1.54) is 6.26 Å². The van der Waals surface area contributed by atoms with E-state index >= 15 is 0 Å². The largest absolute Gasteiger partial charge is 0.492 e. The minimum absolute atomic E-state index is 0.138. The molecule has 0 unspecified atom stereocenters. The highest BCUT2D eigenvalue weighted by Gasteiger charge is 2.09. The number of ether oxygens (including phenoxy) is 2. The van der Waals surface area contributed by atoms with Crippen molar-refractivity contribution in [3.05, 3.63) is 28.2 Å². The van der Waals surface area contributed by atoms with Gasteiger partial charge in [-0.15, -0.1) is 0 Å². The Morgan fingerprint density at radius 1 is 1.29 bits per heavy atom. The summed E-state index contributed by atoms with van der Waals surface area (Å²) in [5.41, 5.74) is 1.03. The van der Waals surface area contributed by atoms with Gasteiger partial charge in [-0.3, -0.25) is 0 Å². The first-order chi connectivity index (χ1) is 9.94. The van der Waals surface area contributed by atoms with Gasteiger partial charge in [0.2, 0.25) is 0 Å². The molecule has 0 aliphatic heterocycles. The Morgan fingerprint density at radius 3 is 2.71 bits per heavy atom. The molecule has 0 aliphatic carbocycles. The van der Waals surface area contributed by atoms with Crippen LogP contribution in [0.25, 0.3) is 0 Å². The summed E-state index contributed by atoms with van der Waals surface area (Å²) in [6.07, 6.45) is 1.72. The monoisotopic (exact) mass is 379 g/mol. The van der Waals surface area contributed by atoms with E-state index in [4.69, 9.17) is 9.47 Å². The van der Waals surface area contributed by atoms with E-state index in [9.17, 15) is 8.42 Å². The third kappa shape index (κ3) is 7.80. The highest BCUT2D eigenvalue weighted by Crippen LogP contribution is 2.29. The first kappa shape index (κ1) is 18.4. The highest BCUT2D eigenvalue weighted by molar-refractivity contribution is 9.10. The van der Waals surface area contributed by atoms with Gasteiger partial charge in [-0.2, -0.15) is 0 Å². The lowest BCUT2D eigenvalue weighted by atomic mass is 10.2. The van der Waals surface area contributed by atoms with Crippen molar-refractivity contribution in [2.24, 2.45) is 0 Å². The number of hydrogen-bond acceptors (Lipinski definition) is 5. The van der Waals surface area contributed by atoms with Gasteiger partial charge < -0.3 is 14.8 Å². The van der Waals surface area contributed by atoms with Crippen LogP contribution >= 0.6 is 15.9 Å². The number of rotatable bonds is 10. The van der Waals surface area contributed by atoms with Gasteiger partial charge >= 0.3 is 0 Å². The Morgan fingerprint density at radius 2 is 2.05 bits per heavy atom. The van der Waals surface area contributed by atoms with Gasteiger partial charge in [-0.05, 0) is 28.4 Å². The van der Waals surface area contributed by atoms with Crippen molar-refractivity contribution in [2.45, 2.75) is 13.0 Å². The lowest BCUT2D eigenvalue weighted by molar-refractivity contribution is 0.199. The quantitative estimate of drug-likeness (QED) is 0.629. The number of benzene rings is 1. The van der Waals surface area contributed by atoms with Crippen molar-refractivity contribution >= 4 is 25.8 Å². The van der Waals surface area contributed by atoms with Crippen LogP contribution in [-0.2, 0) is 21.1 Å². The van der Waals surface area contributed by atoms with Crippen LogP contribution in [0.4, 0.5) is 0 Å². The molecule has 7 heteroatoms. The highest BCUT2D eigenvalue weighted by atomic mass is 79.9. The number of para-hydroxylation sites is 1. The third-order valence-electron chi connectivity index (χ3n) is 2.75. The average molecular weight is 380 g/mol. The van der Waals surface area contributed by atoms with Crippen LogP contribution in [0.3, 0.4) is 0 Å². The van der Waals surface area contributed by atoms with E-state index in [2.05, 4.69) is 21.2 Å². The van der Waals surface area contributed by atoms with Gasteiger partial charge in [0.15, 0.2) is 0 Å². The fourth-order valence-corrected chi connectivity index (χ4v) is 2.91. The maximum Gasteiger partial charge on any atom is 0.147 e. The van der Waals surface area contributed by atoms with Crippen molar-refractivity contribution in [1.82, 2.24) is 5.32 Å². The van der Waals surface area contributed by atoms with Crippen molar-refractivity contribution in [2.75, 3.05) is 38.9 Å². The molecule has 120 valence electrons. The Hall–Kier alpha value is -0.630. The molecule has 0 spiro atoms. The first-order valence-corrected chi connectivity index (χ1v) is 9.57. The summed E-state index contributed by atoms with van der Waals surface area (Å²) in [6, 6.07) is 5.84. The molecule has 0 aliphatic rings. The van der Waals surface area contributed by atoms with Crippen molar-refractivity contribution in [1.29, 1.82) is 0 Å². The molecule has 0 saturated heterocycles. The molecule has 1 rings (SSSR count). The predicted octanol–water partition coefficient (Wildman–Crippen LogP) is 2.00. The zero-order chi connectivity index (χ0) is 15.7. The van der Waals surface area contributed by atoms with Gasteiger partial charge in [0, 0.05) is 32.0 Å². The molecule has 0 fully saturated rings. The number of halogens is 1. The minimum atomic E-state index is -2.94. The first-order valence-electron chi connectivity index (χ1n) is 6.71. The molecule has 1 aromatic carbocycles. The van der Waals surface area contributed by atoms with E-state index in [1.54, 1.807) is 7.11 Å². The second-order valence-electron chi connectivity index (χ2n) is 4.73. The lowest BCUT2D eigenvalue weighted by Crippen LogP contribution is -2.19. The van der Waals surface area contributed by atoms with Crippen LogP contribution in [0, 0.1) is 0 Å². The fourth-order valence-electron chi connectivity index (χ4n) is 1.75. The maximum atomic E-state index is 11.1.